The zero-order chi connectivity index (χ0) is 16.7. The molecule has 120 valence electrons. The van der Waals surface area contributed by atoms with E-state index in [9.17, 15) is 4.79 Å². The third-order valence-electron chi connectivity index (χ3n) is 3.52. The molecule has 0 saturated heterocycles. The average molecular weight is 373 g/mol. The minimum atomic E-state index is -0.00407. The Morgan fingerprint density at radius 3 is 2.48 bits per heavy atom. The zero-order valence-corrected chi connectivity index (χ0v) is 15.0. The highest BCUT2D eigenvalue weighted by Gasteiger charge is 2.05. The molecule has 0 radical (unpaired) electrons. The Labute approximate surface area is 146 Å². The molecular formula is C20H21BrO2. The molecule has 0 bridgehead atoms. The molecule has 2 nitrogen and oxygen atoms in total. The lowest BCUT2D eigenvalue weighted by Crippen LogP contribution is -1.99. The van der Waals surface area contributed by atoms with E-state index in [0.29, 0.717) is 18.1 Å². The van der Waals surface area contributed by atoms with Gasteiger partial charge in [0.25, 0.3) is 0 Å². The predicted octanol–water partition coefficient (Wildman–Crippen LogP) is 5.48. The predicted molar refractivity (Wildman–Crippen MR) is 99.6 cm³/mol. The van der Waals surface area contributed by atoms with Crippen LogP contribution in [0.5, 0.6) is 5.75 Å². The summed E-state index contributed by atoms with van der Waals surface area (Å²) >= 11 is 3.31. The van der Waals surface area contributed by atoms with Crippen molar-refractivity contribution in [2.75, 3.05) is 11.9 Å². The van der Waals surface area contributed by atoms with Crippen molar-refractivity contribution >= 4 is 27.8 Å². The van der Waals surface area contributed by atoms with Gasteiger partial charge in [0.15, 0.2) is 5.78 Å². The summed E-state index contributed by atoms with van der Waals surface area (Å²) in [5.74, 6) is 1.20. The number of benzene rings is 2. The number of halogens is 1. The Bertz CT molecular complexity index is 672. The lowest BCUT2D eigenvalue weighted by Gasteiger charge is -2.09. The molecule has 2 rings (SSSR count). The Morgan fingerprint density at radius 1 is 1.13 bits per heavy atom. The number of rotatable bonds is 7. The van der Waals surface area contributed by atoms with Gasteiger partial charge in [-0.15, -0.1) is 0 Å². The average Bonchev–Trinajstić information content (AvgIpc) is 2.58. The summed E-state index contributed by atoms with van der Waals surface area (Å²) < 4.78 is 5.49. The Balaban J connectivity index is 2.10. The van der Waals surface area contributed by atoms with Crippen molar-refractivity contribution in [3.8, 4) is 5.75 Å². The summed E-state index contributed by atoms with van der Waals surface area (Å²) in [6, 6.07) is 15.4. The largest absolute Gasteiger partial charge is 0.493 e. The van der Waals surface area contributed by atoms with E-state index < -0.39 is 0 Å². The minimum absolute atomic E-state index is 0.00407. The second-order valence-corrected chi connectivity index (χ2v) is 6.34. The summed E-state index contributed by atoms with van der Waals surface area (Å²) in [7, 11) is 0. The molecule has 0 aromatic heterocycles. The zero-order valence-electron chi connectivity index (χ0n) is 13.5. The molecule has 0 aliphatic carbocycles. The van der Waals surface area contributed by atoms with E-state index in [1.165, 1.54) is 5.56 Å². The number of hydrogen-bond donors (Lipinski definition) is 0. The van der Waals surface area contributed by atoms with Crippen LogP contribution in [-0.4, -0.2) is 17.7 Å². The quantitative estimate of drug-likeness (QED) is 0.365. The van der Waals surface area contributed by atoms with Crippen molar-refractivity contribution in [2.24, 2.45) is 0 Å². The lowest BCUT2D eigenvalue weighted by atomic mass is 9.96. The molecule has 0 aliphatic rings. The number of alkyl halides is 1. The number of carbonyl (C=O) groups is 1. The van der Waals surface area contributed by atoms with Gasteiger partial charge in [0.05, 0.1) is 6.61 Å². The van der Waals surface area contributed by atoms with Crippen LogP contribution in [0, 0.1) is 0 Å². The van der Waals surface area contributed by atoms with Gasteiger partial charge < -0.3 is 4.74 Å². The van der Waals surface area contributed by atoms with Gasteiger partial charge in [-0.2, -0.15) is 0 Å². The topological polar surface area (TPSA) is 26.3 Å². The Kier molecular flexibility index (Phi) is 6.60. The van der Waals surface area contributed by atoms with Gasteiger partial charge in [-0.1, -0.05) is 60.1 Å². The fourth-order valence-electron chi connectivity index (χ4n) is 2.32. The number of hydrogen-bond acceptors (Lipinski definition) is 2. The van der Waals surface area contributed by atoms with E-state index in [1.807, 2.05) is 36.4 Å². The van der Waals surface area contributed by atoms with Gasteiger partial charge in [-0.25, -0.2) is 0 Å². The molecular weight excluding hydrogens is 352 g/mol. The molecule has 3 heteroatoms. The molecule has 23 heavy (non-hydrogen) atoms. The number of ether oxygens (including phenoxy) is 1. The van der Waals surface area contributed by atoms with E-state index in [-0.39, 0.29) is 5.78 Å². The van der Waals surface area contributed by atoms with Crippen molar-refractivity contribution in [1.29, 1.82) is 0 Å². The fourth-order valence-corrected chi connectivity index (χ4v) is 2.48. The number of carbonyl (C=O) groups excluding carboxylic acids is 1. The molecule has 0 saturated carbocycles. The second kappa shape index (κ2) is 8.68. The first-order chi connectivity index (χ1) is 11.1. The highest BCUT2D eigenvalue weighted by Crippen LogP contribution is 2.20. The van der Waals surface area contributed by atoms with Crippen LogP contribution >= 0.6 is 15.9 Å². The molecule has 0 unspecified atom stereocenters. The maximum atomic E-state index is 12.3. The SMILES string of the molecule is CC(C)c1ccccc1C=CC(=O)c1ccc(OCCBr)cc1. The van der Waals surface area contributed by atoms with E-state index >= 15 is 0 Å². The van der Waals surface area contributed by atoms with Gasteiger partial charge in [0.1, 0.15) is 5.75 Å². The molecule has 0 aliphatic heterocycles. The summed E-state index contributed by atoms with van der Waals surface area (Å²) in [5, 5.41) is 0.783. The van der Waals surface area contributed by atoms with Crippen LogP contribution in [0.1, 0.15) is 41.3 Å². The molecule has 0 spiro atoms. The summed E-state index contributed by atoms with van der Waals surface area (Å²) in [5.41, 5.74) is 3.00. The normalized spacial score (nSPS) is 11.1. The molecule has 0 N–H and O–H groups in total. The van der Waals surface area contributed by atoms with Crippen molar-refractivity contribution < 1.29 is 9.53 Å². The summed E-state index contributed by atoms with van der Waals surface area (Å²) in [4.78, 5) is 12.3. The van der Waals surface area contributed by atoms with Crippen LogP contribution in [0.4, 0.5) is 0 Å². The van der Waals surface area contributed by atoms with Crippen LogP contribution in [0.2, 0.25) is 0 Å². The first kappa shape index (κ1) is 17.5. The highest BCUT2D eigenvalue weighted by molar-refractivity contribution is 9.09. The van der Waals surface area contributed by atoms with Crippen LogP contribution in [0.25, 0.3) is 6.08 Å². The summed E-state index contributed by atoms with van der Waals surface area (Å²) in [6.45, 7) is 4.92. The second-order valence-electron chi connectivity index (χ2n) is 5.54. The first-order valence-electron chi connectivity index (χ1n) is 7.72. The van der Waals surface area contributed by atoms with Crippen molar-refractivity contribution in [2.45, 2.75) is 19.8 Å². The van der Waals surface area contributed by atoms with E-state index in [4.69, 9.17) is 4.74 Å². The Hall–Kier alpha value is -1.87. The molecule has 0 amide bonds. The van der Waals surface area contributed by atoms with E-state index in [2.05, 4.69) is 35.8 Å². The van der Waals surface area contributed by atoms with Crippen LogP contribution < -0.4 is 4.74 Å². The maximum absolute atomic E-state index is 12.3. The molecule has 0 heterocycles. The number of ketones is 1. The number of allylic oxidation sites excluding steroid dienone is 1. The van der Waals surface area contributed by atoms with Crippen molar-refractivity contribution in [1.82, 2.24) is 0 Å². The van der Waals surface area contributed by atoms with Crippen LogP contribution in [0.15, 0.2) is 54.6 Å². The Morgan fingerprint density at radius 2 is 1.83 bits per heavy atom. The highest BCUT2D eigenvalue weighted by atomic mass is 79.9. The van der Waals surface area contributed by atoms with Gasteiger partial charge >= 0.3 is 0 Å². The minimum Gasteiger partial charge on any atom is -0.493 e. The van der Waals surface area contributed by atoms with Crippen molar-refractivity contribution in [3.05, 3.63) is 71.3 Å². The third-order valence-corrected chi connectivity index (χ3v) is 3.84. The van der Waals surface area contributed by atoms with Gasteiger partial charge in [0, 0.05) is 10.9 Å². The standard InChI is InChI=1S/C20H21BrO2/c1-15(2)19-6-4-3-5-16(19)9-12-20(22)17-7-10-18(11-8-17)23-14-13-21/h3-12,15H,13-14H2,1-2H3. The molecule has 2 aromatic rings. The van der Waals surface area contributed by atoms with E-state index in [1.54, 1.807) is 18.2 Å². The summed E-state index contributed by atoms with van der Waals surface area (Å²) in [6.07, 6.45) is 3.53. The first-order valence-corrected chi connectivity index (χ1v) is 8.84. The van der Waals surface area contributed by atoms with Gasteiger partial charge in [0.2, 0.25) is 0 Å². The van der Waals surface area contributed by atoms with Gasteiger partial charge in [-0.3, -0.25) is 4.79 Å². The van der Waals surface area contributed by atoms with Gasteiger partial charge in [-0.05, 0) is 47.4 Å². The fraction of sp³-hybridized carbons (Fsp3) is 0.250. The smallest absolute Gasteiger partial charge is 0.185 e. The lowest BCUT2D eigenvalue weighted by molar-refractivity contribution is 0.104. The third kappa shape index (κ3) is 5.07. The monoisotopic (exact) mass is 372 g/mol. The molecule has 2 aromatic carbocycles. The van der Waals surface area contributed by atoms with Crippen LogP contribution in [0.3, 0.4) is 0 Å². The molecule has 0 atom stereocenters. The van der Waals surface area contributed by atoms with Crippen LogP contribution in [-0.2, 0) is 0 Å². The molecule has 0 fully saturated rings. The maximum Gasteiger partial charge on any atom is 0.185 e. The van der Waals surface area contributed by atoms with Crippen molar-refractivity contribution in [3.63, 3.8) is 0 Å². The van der Waals surface area contributed by atoms with E-state index in [0.717, 1.165) is 16.6 Å².